The van der Waals surface area contributed by atoms with Gasteiger partial charge in [0.2, 0.25) is 0 Å². The SMILES string of the molecule is Fc1ccc(-n2cc3cnc(Cl)cc3n2)cc1. The van der Waals surface area contributed by atoms with Crippen LogP contribution < -0.4 is 0 Å². The van der Waals surface area contributed by atoms with Crippen molar-refractivity contribution in [3.05, 3.63) is 53.7 Å². The van der Waals surface area contributed by atoms with Crippen molar-refractivity contribution in [2.24, 2.45) is 0 Å². The predicted octanol–water partition coefficient (Wildman–Crippen LogP) is 3.21. The number of hydrogen-bond acceptors (Lipinski definition) is 2. The average Bonchev–Trinajstić information content (AvgIpc) is 2.72. The fraction of sp³-hybridized carbons (Fsp3) is 0. The normalized spacial score (nSPS) is 10.9. The third-order valence-electron chi connectivity index (χ3n) is 2.45. The molecule has 17 heavy (non-hydrogen) atoms. The molecular weight excluding hydrogens is 241 g/mol. The summed E-state index contributed by atoms with van der Waals surface area (Å²) in [7, 11) is 0. The molecule has 2 heterocycles. The molecule has 0 atom stereocenters. The van der Waals surface area contributed by atoms with E-state index in [4.69, 9.17) is 11.6 Å². The van der Waals surface area contributed by atoms with Gasteiger partial charge in [-0.3, -0.25) is 0 Å². The lowest BCUT2D eigenvalue weighted by Gasteiger charge is -1.99. The number of halogens is 2. The highest BCUT2D eigenvalue weighted by molar-refractivity contribution is 6.29. The van der Waals surface area contributed by atoms with Gasteiger partial charge in [0.15, 0.2) is 0 Å². The molecule has 0 spiro atoms. The van der Waals surface area contributed by atoms with Gasteiger partial charge in [0.1, 0.15) is 11.0 Å². The van der Waals surface area contributed by atoms with Crippen LogP contribution in [0.1, 0.15) is 0 Å². The molecule has 0 aliphatic heterocycles. The van der Waals surface area contributed by atoms with Crippen LogP contribution in [0, 0.1) is 5.82 Å². The molecule has 0 bridgehead atoms. The van der Waals surface area contributed by atoms with Crippen LogP contribution in [0.25, 0.3) is 16.6 Å². The monoisotopic (exact) mass is 247 g/mol. The third kappa shape index (κ3) is 1.87. The standard InChI is InChI=1S/C12H7ClFN3/c13-12-5-11-8(6-15-12)7-17(16-11)10-3-1-9(14)2-4-10/h1-7H. The lowest BCUT2D eigenvalue weighted by molar-refractivity contribution is 0.627. The zero-order chi connectivity index (χ0) is 11.8. The number of rotatable bonds is 1. The summed E-state index contributed by atoms with van der Waals surface area (Å²) in [6.07, 6.45) is 3.48. The van der Waals surface area contributed by atoms with Crippen molar-refractivity contribution in [1.29, 1.82) is 0 Å². The largest absolute Gasteiger partial charge is 0.244 e. The van der Waals surface area contributed by atoms with Crippen molar-refractivity contribution >= 4 is 22.5 Å². The van der Waals surface area contributed by atoms with Gasteiger partial charge in [-0.15, -0.1) is 0 Å². The Morgan fingerprint density at radius 1 is 1.18 bits per heavy atom. The number of pyridine rings is 1. The van der Waals surface area contributed by atoms with Gasteiger partial charge in [-0.2, -0.15) is 5.10 Å². The van der Waals surface area contributed by atoms with Crippen LogP contribution in [0.4, 0.5) is 4.39 Å². The minimum Gasteiger partial charge on any atom is -0.244 e. The van der Waals surface area contributed by atoms with Gasteiger partial charge in [0.05, 0.1) is 11.2 Å². The van der Waals surface area contributed by atoms with E-state index in [1.165, 1.54) is 12.1 Å². The van der Waals surface area contributed by atoms with E-state index in [1.807, 2.05) is 6.20 Å². The second kappa shape index (κ2) is 3.82. The van der Waals surface area contributed by atoms with Gasteiger partial charge in [-0.25, -0.2) is 14.1 Å². The Labute approximate surface area is 101 Å². The van der Waals surface area contributed by atoms with Gasteiger partial charge in [-0.05, 0) is 24.3 Å². The van der Waals surface area contributed by atoms with Crippen LogP contribution in [0.2, 0.25) is 5.15 Å². The third-order valence-corrected chi connectivity index (χ3v) is 2.65. The predicted molar refractivity (Wildman–Crippen MR) is 63.8 cm³/mol. The number of benzene rings is 1. The molecule has 0 aliphatic carbocycles. The van der Waals surface area contributed by atoms with Gasteiger partial charge >= 0.3 is 0 Å². The van der Waals surface area contributed by atoms with Crippen LogP contribution >= 0.6 is 11.6 Å². The second-order valence-electron chi connectivity index (χ2n) is 3.62. The molecule has 0 saturated heterocycles. The smallest absolute Gasteiger partial charge is 0.131 e. The Morgan fingerprint density at radius 2 is 1.94 bits per heavy atom. The fourth-order valence-corrected chi connectivity index (χ4v) is 1.77. The summed E-state index contributed by atoms with van der Waals surface area (Å²) in [4.78, 5) is 3.98. The zero-order valence-electron chi connectivity index (χ0n) is 8.64. The maximum absolute atomic E-state index is 12.8. The first kappa shape index (κ1) is 10.2. The summed E-state index contributed by atoms with van der Waals surface area (Å²) >= 11 is 5.78. The van der Waals surface area contributed by atoms with Crippen molar-refractivity contribution < 1.29 is 4.39 Å². The maximum atomic E-state index is 12.8. The molecule has 84 valence electrons. The summed E-state index contributed by atoms with van der Waals surface area (Å²) in [6, 6.07) is 7.81. The number of nitrogens with zero attached hydrogens (tertiary/aromatic N) is 3. The van der Waals surface area contributed by atoms with Gasteiger partial charge in [-0.1, -0.05) is 11.6 Å². The molecule has 0 aliphatic rings. The Bertz CT molecular complexity index is 676. The van der Waals surface area contributed by atoms with Crippen molar-refractivity contribution in [1.82, 2.24) is 14.8 Å². The Morgan fingerprint density at radius 3 is 2.71 bits per heavy atom. The van der Waals surface area contributed by atoms with E-state index < -0.39 is 0 Å². The molecule has 0 radical (unpaired) electrons. The van der Waals surface area contributed by atoms with Gasteiger partial charge in [0, 0.05) is 23.8 Å². The van der Waals surface area contributed by atoms with Crippen LogP contribution in [0.5, 0.6) is 0 Å². The van der Waals surface area contributed by atoms with E-state index in [2.05, 4.69) is 10.1 Å². The quantitative estimate of drug-likeness (QED) is 0.618. The molecule has 3 aromatic rings. The van der Waals surface area contributed by atoms with E-state index >= 15 is 0 Å². The summed E-state index contributed by atoms with van der Waals surface area (Å²) in [5.41, 5.74) is 1.55. The van der Waals surface area contributed by atoms with E-state index in [9.17, 15) is 4.39 Å². The molecule has 0 N–H and O–H groups in total. The first-order chi connectivity index (χ1) is 8.22. The molecule has 3 nitrogen and oxygen atoms in total. The number of fused-ring (bicyclic) bond motifs is 1. The van der Waals surface area contributed by atoms with E-state index in [0.29, 0.717) is 5.15 Å². The maximum Gasteiger partial charge on any atom is 0.131 e. The summed E-state index contributed by atoms with van der Waals surface area (Å²) in [5.74, 6) is -0.268. The molecule has 2 aromatic heterocycles. The molecule has 3 rings (SSSR count). The highest BCUT2D eigenvalue weighted by atomic mass is 35.5. The Hall–Kier alpha value is -1.94. The van der Waals surface area contributed by atoms with Crippen LogP contribution in [-0.2, 0) is 0 Å². The van der Waals surface area contributed by atoms with E-state index in [0.717, 1.165) is 16.6 Å². The fourth-order valence-electron chi connectivity index (χ4n) is 1.62. The van der Waals surface area contributed by atoms with Gasteiger partial charge in [0.25, 0.3) is 0 Å². The highest BCUT2D eigenvalue weighted by Crippen LogP contribution is 2.17. The zero-order valence-corrected chi connectivity index (χ0v) is 9.39. The summed E-state index contributed by atoms with van der Waals surface area (Å²) in [6.45, 7) is 0. The number of aromatic nitrogens is 3. The number of hydrogen-bond donors (Lipinski definition) is 0. The Balaban J connectivity index is 2.14. The molecular formula is C12H7ClFN3. The van der Waals surface area contributed by atoms with Crippen molar-refractivity contribution in [3.63, 3.8) is 0 Å². The minimum atomic E-state index is -0.268. The van der Waals surface area contributed by atoms with Crippen molar-refractivity contribution in [2.75, 3.05) is 0 Å². The molecule has 5 heteroatoms. The first-order valence-corrected chi connectivity index (χ1v) is 5.37. The Kier molecular flexibility index (Phi) is 2.30. The van der Waals surface area contributed by atoms with Crippen LogP contribution in [0.15, 0.2) is 42.7 Å². The summed E-state index contributed by atoms with van der Waals surface area (Å²) < 4.78 is 14.5. The summed E-state index contributed by atoms with van der Waals surface area (Å²) in [5, 5.41) is 5.64. The minimum absolute atomic E-state index is 0.268. The molecule has 0 fully saturated rings. The lowest BCUT2D eigenvalue weighted by atomic mass is 10.3. The average molecular weight is 248 g/mol. The highest BCUT2D eigenvalue weighted by Gasteiger charge is 2.03. The molecule has 0 unspecified atom stereocenters. The van der Waals surface area contributed by atoms with Crippen LogP contribution in [0.3, 0.4) is 0 Å². The van der Waals surface area contributed by atoms with E-state index in [-0.39, 0.29) is 5.82 Å². The topological polar surface area (TPSA) is 30.7 Å². The molecule has 1 aromatic carbocycles. The van der Waals surface area contributed by atoms with Crippen molar-refractivity contribution in [3.8, 4) is 5.69 Å². The first-order valence-electron chi connectivity index (χ1n) is 4.99. The van der Waals surface area contributed by atoms with Gasteiger partial charge < -0.3 is 0 Å². The van der Waals surface area contributed by atoms with Crippen molar-refractivity contribution in [2.45, 2.75) is 0 Å². The lowest BCUT2D eigenvalue weighted by Crippen LogP contribution is -1.93. The molecule has 0 amide bonds. The second-order valence-corrected chi connectivity index (χ2v) is 4.00. The molecule has 0 saturated carbocycles. The van der Waals surface area contributed by atoms with E-state index in [1.54, 1.807) is 29.1 Å². The van der Waals surface area contributed by atoms with Crippen LogP contribution in [-0.4, -0.2) is 14.8 Å².